The van der Waals surface area contributed by atoms with E-state index in [1.807, 2.05) is 25.1 Å². The first-order valence-corrected chi connectivity index (χ1v) is 6.31. The van der Waals surface area contributed by atoms with E-state index in [1.54, 1.807) is 14.2 Å². The number of hydrogen-bond acceptors (Lipinski definition) is 4. The molecule has 0 atom stereocenters. The van der Waals surface area contributed by atoms with E-state index in [0.717, 1.165) is 23.7 Å². The van der Waals surface area contributed by atoms with E-state index < -0.39 is 5.97 Å². The Kier molecular flexibility index (Phi) is 5.99. The first-order chi connectivity index (χ1) is 9.12. The highest BCUT2D eigenvalue weighted by Gasteiger charge is 2.12. The molecule has 0 spiro atoms. The molecule has 106 valence electrons. The Morgan fingerprint density at radius 2 is 2.05 bits per heavy atom. The molecule has 5 nitrogen and oxygen atoms in total. The molecule has 0 aliphatic carbocycles. The zero-order chi connectivity index (χ0) is 14.3. The summed E-state index contributed by atoms with van der Waals surface area (Å²) in [5.74, 6) is 0.749. The number of carbonyl (C=O) groups is 1. The molecule has 0 heterocycles. The van der Waals surface area contributed by atoms with Gasteiger partial charge < -0.3 is 19.5 Å². The van der Waals surface area contributed by atoms with E-state index in [0.29, 0.717) is 13.0 Å². The van der Waals surface area contributed by atoms with Crippen LogP contribution in [0.3, 0.4) is 0 Å². The SMILES string of the molecule is CCN(CCCC(=O)O)c1cc(OC)ccc1OC. The maximum atomic E-state index is 10.6. The number of benzene rings is 1. The lowest BCUT2D eigenvalue weighted by Crippen LogP contribution is -2.25. The molecule has 0 fully saturated rings. The minimum atomic E-state index is -0.770. The summed E-state index contributed by atoms with van der Waals surface area (Å²) in [4.78, 5) is 12.7. The molecular formula is C14H21NO4. The number of hydrogen-bond donors (Lipinski definition) is 1. The van der Waals surface area contributed by atoms with E-state index in [4.69, 9.17) is 14.6 Å². The average Bonchev–Trinajstić information content (AvgIpc) is 2.42. The fourth-order valence-corrected chi connectivity index (χ4v) is 1.91. The number of carboxylic acid groups (broad SMARTS) is 1. The van der Waals surface area contributed by atoms with Crippen LogP contribution in [0.25, 0.3) is 0 Å². The van der Waals surface area contributed by atoms with E-state index in [-0.39, 0.29) is 6.42 Å². The van der Waals surface area contributed by atoms with Gasteiger partial charge in [0.25, 0.3) is 0 Å². The van der Waals surface area contributed by atoms with Crippen molar-refractivity contribution in [2.45, 2.75) is 19.8 Å². The third kappa shape index (κ3) is 4.35. The highest BCUT2D eigenvalue weighted by atomic mass is 16.5. The van der Waals surface area contributed by atoms with Crippen molar-refractivity contribution >= 4 is 11.7 Å². The lowest BCUT2D eigenvalue weighted by atomic mass is 10.2. The molecule has 0 amide bonds. The number of carboxylic acids is 1. The van der Waals surface area contributed by atoms with Crippen molar-refractivity contribution in [3.05, 3.63) is 18.2 Å². The molecule has 19 heavy (non-hydrogen) atoms. The van der Waals surface area contributed by atoms with Gasteiger partial charge in [0.05, 0.1) is 19.9 Å². The Balaban J connectivity index is 2.85. The lowest BCUT2D eigenvalue weighted by molar-refractivity contribution is -0.137. The molecule has 0 saturated heterocycles. The monoisotopic (exact) mass is 267 g/mol. The van der Waals surface area contributed by atoms with Gasteiger partial charge in [-0.1, -0.05) is 0 Å². The molecule has 1 N–H and O–H groups in total. The van der Waals surface area contributed by atoms with Crippen LogP contribution in [0, 0.1) is 0 Å². The third-order valence-electron chi connectivity index (χ3n) is 2.93. The van der Waals surface area contributed by atoms with E-state index >= 15 is 0 Å². The maximum Gasteiger partial charge on any atom is 0.303 e. The summed E-state index contributed by atoms with van der Waals surface area (Å²) >= 11 is 0. The van der Waals surface area contributed by atoms with Gasteiger partial charge in [0, 0.05) is 25.6 Å². The molecule has 0 bridgehead atoms. The molecule has 1 rings (SSSR count). The maximum absolute atomic E-state index is 10.6. The first-order valence-electron chi connectivity index (χ1n) is 6.31. The summed E-state index contributed by atoms with van der Waals surface area (Å²) in [6.07, 6.45) is 0.770. The van der Waals surface area contributed by atoms with Crippen molar-refractivity contribution in [3.8, 4) is 11.5 Å². The van der Waals surface area contributed by atoms with Crippen molar-refractivity contribution in [2.24, 2.45) is 0 Å². The van der Waals surface area contributed by atoms with Gasteiger partial charge in [-0.2, -0.15) is 0 Å². The number of anilines is 1. The first kappa shape index (κ1) is 15.1. The van der Waals surface area contributed by atoms with Crippen LogP contribution in [0.5, 0.6) is 11.5 Å². The number of nitrogens with zero attached hydrogens (tertiary/aromatic N) is 1. The van der Waals surface area contributed by atoms with Crippen LogP contribution in [0.15, 0.2) is 18.2 Å². The zero-order valence-electron chi connectivity index (χ0n) is 11.7. The molecule has 1 aromatic rings. The molecule has 5 heteroatoms. The predicted octanol–water partition coefficient (Wildman–Crippen LogP) is 2.39. The smallest absolute Gasteiger partial charge is 0.303 e. The molecule has 0 aliphatic rings. The van der Waals surface area contributed by atoms with E-state index in [1.165, 1.54) is 0 Å². The zero-order valence-corrected chi connectivity index (χ0v) is 11.7. The van der Waals surface area contributed by atoms with Crippen molar-refractivity contribution in [3.63, 3.8) is 0 Å². The fourth-order valence-electron chi connectivity index (χ4n) is 1.91. The molecule has 0 aliphatic heterocycles. The predicted molar refractivity (Wildman–Crippen MR) is 74.3 cm³/mol. The normalized spacial score (nSPS) is 10.1. The van der Waals surface area contributed by atoms with Crippen LogP contribution in [-0.4, -0.2) is 38.4 Å². The summed E-state index contributed by atoms with van der Waals surface area (Å²) in [7, 11) is 3.24. The van der Waals surface area contributed by atoms with Gasteiger partial charge in [0.2, 0.25) is 0 Å². The summed E-state index contributed by atoms with van der Waals surface area (Å²) < 4.78 is 10.6. The molecule has 0 saturated carbocycles. The van der Waals surface area contributed by atoms with Crippen LogP contribution < -0.4 is 14.4 Å². The van der Waals surface area contributed by atoms with Crippen LogP contribution in [-0.2, 0) is 4.79 Å². The standard InChI is InChI=1S/C14H21NO4/c1-4-15(9-5-6-14(16)17)12-10-11(18-2)7-8-13(12)19-3/h7-8,10H,4-6,9H2,1-3H3,(H,16,17). The van der Waals surface area contributed by atoms with Crippen LogP contribution in [0.2, 0.25) is 0 Å². The molecular weight excluding hydrogens is 246 g/mol. The minimum Gasteiger partial charge on any atom is -0.497 e. The molecule has 0 radical (unpaired) electrons. The van der Waals surface area contributed by atoms with Crippen molar-refractivity contribution in [1.82, 2.24) is 0 Å². The second kappa shape index (κ2) is 7.51. The number of ether oxygens (including phenoxy) is 2. The number of methoxy groups -OCH3 is 2. The Morgan fingerprint density at radius 1 is 1.32 bits per heavy atom. The Morgan fingerprint density at radius 3 is 2.58 bits per heavy atom. The lowest BCUT2D eigenvalue weighted by Gasteiger charge is -2.25. The van der Waals surface area contributed by atoms with Gasteiger partial charge in [0.15, 0.2) is 0 Å². The van der Waals surface area contributed by atoms with Crippen molar-refractivity contribution in [2.75, 3.05) is 32.2 Å². The summed E-state index contributed by atoms with van der Waals surface area (Å²) in [6.45, 7) is 3.48. The van der Waals surface area contributed by atoms with Gasteiger partial charge in [-0.3, -0.25) is 4.79 Å². The van der Waals surface area contributed by atoms with Crippen molar-refractivity contribution < 1.29 is 19.4 Å². The topological polar surface area (TPSA) is 59.0 Å². The highest BCUT2D eigenvalue weighted by Crippen LogP contribution is 2.32. The molecule has 0 aromatic heterocycles. The van der Waals surface area contributed by atoms with Gasteiger partial charge in [-0.15, -0.1) is 0 Å². The Bertz CT molecular complexity index is 420. The summed E-state index contributed by atoms with van der Waals surface area (Å²) in [5.41, 5.74) is 0.926. The van der Waals surface area contributed by atoms with Gasteiger partial charge >= 0.3 is 5.97 Å². The quantitative estimate of drug-likeness (QED) is 0.783. The van der Waals surface area contributed by atoms with Crippen molar-refractivity contribution in [1.29, 1.82) is 0 Å². The van der Waals surface area contributed by atoms with Gasteiger partial charge in [0.1, 0.15) is 11.5 Å². The van der Waals surface area contributed by atoms with Crippen LogP contribution in [0.4, 0.5) is 5.69 Å². The summed E-state index contributed by atoms with van der Waals surface area (Å²) in [6, 6.07) is 5.60. The number of aliphatic carboxylic acids is 1. The second-order valence-electron chi connectivity index (χ2n) is 4.11. The second-order valence-corrected chi connectivity index (χ2v) is 4.11. The average molecular weight is 267 g/mol. The minimum absolute atomic E-state index is 0.169. The molecule has 1 aromatic carbocycles. The fraction of sp³-hybridized carbons (Fsp3) is 0.500. The van der Waals surface area contributed by atoms with Crippen LogP contribution in [0.1, 0.15) is 19.8 Å². The van der Waals surface area contributed by atoms with E-state index in [9.17, 15) is 4.79 Å². The Hall–Kier alpha value is -1.91. The van der Waals surface area contributed by atoms with Crippen LogP contribution >= 0.6 is 0 Å². The third-order valence-corrected chi connectivity index (χ3v) is 2.93. The van der Waals surface area contributed by atoms with E-state index in [2.05, 4.69) is 4.90 Å². The number of rotatable bonds is 8. The largest absolute Gasteiger partial charge is 0.497 e. The Labute approximate surface area is 113 Å². The molecule has 0 unspecified atom stereocenters. The highest BCUT2D eigenvalue weighted by molar-refractivity contribution is 5.67. The van der Waals surface area contributed by atoms with Gasteiger partial charge in [-0.05, 0) is 25.5 Å². The van der Waals surface area contributed by atoms with Gasteiger partial charge in [-0.25, -0.2) is 0 Å². The summed E-state index contributed by atoms with van der Waals surface area (Å²) in [5, 5.41) is 8.69.